The lowest BCUT2D eigenvalue weighted by Gasteiger charge is -2.18. The molecule has 0 spiro atoms. The Morgan fingerprint density at radius 1 is 1.15 bits per heavy atom. The van der Waals surface area contributed by atoms with Crippen molar-refractivity contribution >= 4 is 23.2 Å². The minimum Gasteiger partial charge on any atom is -0.452 e. The quantitative estimate of drug-likeness (QED) is 0.416. The van der Waals surface area contributed by atoms with E-state index in [9.17, 15) is 14.0 Å². The van der Waals surface area contributed by atoms with Gasteiger partial charge in [0.05, 0.1) is 17.3 Å². The number of esters is 1. The standard InChI is InChI=1S/C24H21FN4O3S/c1-15-12-16(2)29(28-15)21-10-7-18(13-26-21)24(31)32-14-22(30)27-23(20-4-3-11-33-20)17-5-8-19(25)9-6-17/h3-13,23H,14H2,1-2H3,(H,27,30). The molecule has 1 aromatic carbocycles. The third kappa shape index (κ3) is 5.32. The van der Waals surface area contributed by atoms with Crippen LogP contribution in [0.25, 0.3) is 5.82 Å². The number of aromatic nitrogens is 3. The summed E-state index contributed by atoms with van der Waals surface area (Å²) < 4.78 is 20.2. The molecule has 1 amide bonds. The van der Waals surface area contributed by atoms with E-state index >= 15 is 0 Å². The van der Waals surface area contributed by atoms with Gasteiger partial charge in [-0.2, -0.15) is 5.10 Å². The van der Waals surface area contributed by atoms with Gasteiger partial charge in [-0.15, -0.1) is 11.3 Å². The fraction of sp³-hybridized carbons (Fsp3) is 0.167. The summed E-state index contributed by atoms with van der Waals surface area (Å²) in [6, 6.07) is 14.3. The Balaban J connectivity index is 1.38. The fourth-order valence-electron chi connectivity index (χ4n) is 3.34. The molecular formula is C24H21FN4O3S. The predicted molar refractivity (Wildman–Crippen MR) is 122 cm³/mol. The fourth-order valence-corrected chi connectivity index (χ4v) is 4.14. The summed E-state index contributed by atoms with van der Waals surface area (Å²) in [5.41, 5.74) is 2.74. The van der Waals surface area contributed by atoms with Gasteiger partial charge in [-0.25, -0.2) is 18.9 Å². The van der Waals surface area contributed by atoms with E-state index in [4.69, 9.17) is 4.74 Å². The van der Waals surface area contributed by atoms with Crippen LogP contribution in [0.1, 0.15) is 38.2 Å². The van der Waals surface area contributed by atoms with E-state index in [-0.39, 0.29) is 11.4 Å². The summed E-state index contributed by atoms with van der Waals surface area (Å²) in [6.45, 7) is 3.35. The van der Waals surface area contributed by atoms with Gasteiger partial charge in [0.15, 0.2) is 12.4 Å². The average molecular weight is 465 g/mol. The van der Waals surface area contributed by atoms with Crippen molar-refractivity contribution < 1.29 is 18.7 Å². The highest BCUT2D eigenvalue weighted by molar-refractivity contribution is 7.10. The Hall–Kier alpha value is -3.85. The maximum absolute atomic E-state index is 13.3. The molecule has 0 saturated heterocycles. The lowest BCUT2D eigenvalue weighted by Crippen LogP contribution is -2.32. The zero-order chi connectivity index (χ0) is 23.4. The summed E-state index contributed by atoms with van der Waals surface area (Å²) in [6.07, 6.45) is 1.39. The highest BCUT2D eigenvalue weighted by atomic mass is 32.1. The second kappa shape index (κ2) is 9.74. The molecule has 0 aliphatic heterocycles. The number of hydrogen-bond donors (Lipinski definition) is 1. The summed E-state index contributed by atoms with van der Waals surface area (Å²) in [7, 11) is 0. The summed E-state index contributed by atoms with van der Waals surface area (Å²) in [5, 5.41) is 9.09. The lowest BCUT2D eigenvalue weighted by molar-refractivity contribution is -0.124. The van der Waals surface area contributed by atoms with Crippen LogP contribution in [0.15, 0.2) is 66.2 Å². The number of thiophene rings is 1. The molecule has 3 heterocycles. The van der Waals surface area contributed by atoms with Crippen LogP contribution >= 0.6 is 11.3 Å². The number of aryl methyl sites for hydroxylation is 2. The summed E-state index contributed by atoms with van der Waals surface area (Å²) >= 11 is 1.46. The molecule has 1 atom stereocenters. The molecular weight excluding hydrogens is 443 g/mol. The monoisotopic (exact) mass is 464 g/mol. The Bertz CT molecular complexity index is 1250. The van der Waals surface area contributed by atoms with Crippen LogP contribution in [0.3, 0.4) is 0 Å². The van der Waals surface area contributed by atoms with Gasteiger partial charge >= 0.3 is 5.97 Å². The molecule has 0 bridgehead atoms. The van der Waals surface area contributed by atoms with E-state index in [2.05, 4.69) is 15.4 Å². The lowest BCUT2D eigenvalue weighted by atomic mass is 10.1. The van der Waals surface area contributed by atoms with E-state index in [0.717, 1.165) is 21.8 Å². The van der Waals surface area contributed by atoms with Gasteiger partial charge in [0.2, 0.25) is 0 Å². The summed E-state index contributed by atoms with van der Waals surface area (Å²) in [5.74, 6) is -0.917. The molecule has 4 aromatic rings. The molecule has 168 valence electrons. The smallest absolute Gasteiger partial charge is 0.340 e. The van der Waals surface area contributed by atoms with Crippen molar-refractivity contribution in [3.8, 4) is 5.82 Å². The Labute approximate surface area is 193 Å². The molecule has 4 rings (SSSR count). The normalized spacial score (nSPS) is 11.7. The molecule has 3 aromatic heterocycles. The van der Waals surface area contributed by atoms with Crippen LogP contribution in [0, 0.1) is 19.7 Å². The minimum absolute atomic E-state index is 0.224. The second-order valence-corrected chi connectivity index (χ2v) is 8.37. The van der Waals surface area contributed by atoms with Gasteiger partial charge in [-0.3, -0.25) is 4.79 Å². The minimum atomic E-state index is -0.660. The zero-order valence-corrected chi connectivity index (χ0v) is 18.8. The summed E-state index contributed by atoms with van der Waals surface area (Å²) in [4.78, 5) is 30.1. The second-order valence-electron chi connectivity index (χ2n) is 7.39. The number of nitrogens with one attached hydrogen (secondary N) is 1. The maximum atomic E-state index is 13.3. The van der Waals surface area contributed by atoms with Gasteiger partial charge in [0.25, 0.3) is 5.91 Å². The van der Waals surface area contributed by atoms with E-state index < -0.39 is 24.5 Å². The number of benzene rings is 1. The third-order valence-electron chi connectivity index (χ3n) is 4.88. The van der Waals surface area contributed by atoms with Crippen molar-refractivity contribution in [2.24, 2.45) is 0 Å². The first kappa shape index (κ1) is 22.3. The van der Waals surface area contributed by atoms with Crippen LogP contribution in [0.2, 0.25) is 0 Å². The van der Waals surface area contributed by atoms with Crippen LogP contribution in [-0.4, -0.2) is 33.2 Å². The van der Waals surface area contributed by atoms with Gasteiger partial charge in [0, 0.05) is 16.8 Å². The van der Waals surface area contributed by atoms with Crippen molar-refractivity contribution in [2.75, 3.05) is 6.61 Å². The van der Waals surface area contributed by atoms with E-state index in [1.807, 2.05) is 37.4 Å². The Morgan fingerprint density at radius 2 is 1.94 bits per heavy atom. The number of amides is 1. The molecule has 1 unspecified atom stereocenters. The first-order valence-electron chi connectivity index (χ1n) is 10.2. The number of ether oxygens (including phenoxy) is 1. The largest absolute Gasteiger partial charge is 0.452 e. The molecule has 1 N–H and O–H groups in total. The Morgan fingerprint density at radius 3 is 2.55 bits per heavy atom. The van der Waals surface area contributed by atoms with Gasteiger partial charge < -0.3 is 10.1 Å². The van der Waals surface area contributed by atoms with Gasteiger partial charge in [-0.1, -0.05) is 18.2 Å². The van der Waals surface area contributed by atoms with Crippen LogP contribution in [0.4, 0.5) is 4.39 Å². The van der Waals surface area contributed by atoms with E-state index in [0.29, 0.717) is 5.82 Å². The number of carbonyl (C=O) groups is 2. The van der Waals surface area contributed by atoms with Crippen molar-refractivity contribution in [3.05, 3.63) is 99.4 Å². The highest BCUT2D eigenvalue weighted by Gasteiger charge is 2.19. The number of nitrogens with zero attached hydrogens (tertiary/aromatic N) is 3. The predicted octanol–water partition coefficient (Wildman–Crippen LogP) is 4.15. The third-order valence-corrected chi connectivity index (χ3v) is 5.82. The number of rotatable bonds is 7. The Kier molecular flexibility index (Phi) is 6.60. The molecule has 0 aliphatic rings. The van der Waals surface area contributed by atoms with E-state index in [1.54, 1.807) is 28.9 Å². The zero-order valence-electron chi connectivity index (χ0n) is 18.0. The van der Waals surface area contributed by atoms with Crippen molar-refractivity contribution in [3.63, 3.8) is 0 Å². The number of pyridine rings is 1. The number of halogens is 1. The number of hydrogen-bond acceptors (Lipinski definition) is 6. The first-order chi connectivity index (χ1) is 15.9. The number of carbonyl (C=O) groups excluding carboxylic acids is 2. The maximum Gasteiger partial charge on any atom is 0.340 e. The van der Waals surface area contributed by atoms with Crippen molar-refractivity contribution in [2.45, 2.75) is 19.9 Å². The molecule has 7 nitrogen and oxygen atoms in total. The molecule has 33 heavy (non-hydrogen) atoms. The molecule has 0 saturated carbocycles. The SMILES string of the molecule is Cc1cc(C)n(-c2ccc(C(=O)OCC(=O)NC(c3ccc(F)cc3)c3cccs3)cn2)n1. The van der Waals surface area contributed by atoms with Gasteiger partial charge in [0.1, 0.15) is 5.82 Å². The van der Waals surface area contributed by atoms with Crippen LogP contribution in [0.5, 0.6) is 0 Å². The molecule has 0 aliphatic carbocycles. The first-order valence-corrected chi connectivity index (χ1v) is 11.0. The van der Waals surface area contributed by atoms with E-state index in [1.165, 1.54) is 29.7 Å². The average Bonchev–Trinajstić information content (AvgIpc) is 3.46. The molecule has 0 radical (unpaired) electrons. The molecule has 9 heteroatoms. The van der Waals surface area contributed by atoms with Gasteiger partial charge in [-0.05, 0) is 61.2 Å². The van der Waals surface area contributed by atoms with Crippen LogP contribution < -0.4 is 5.32 Å². The highest BCUT2D eigenvalue weighted by Crippen LogP contribution is 2.26. The topological polar surface area (TPSA) is 86.1 Å². The molecule has 0 fully saturated rings. The van der Waals surface area contributed by atoms with Crippen molar-refractivity contribution in [1.82, 2.24) is 20.1 Å². The van der Waals surface area contributed by atoms with Crippen molar-refractivity contribution in [1.29, 1.82) is 0 Å². The van der Waals surface area contributed by atoms with Crippen LogP contribution in [-0.2, 0) is 9.53 Å².